The molecule has 0 amide bonds. The van der Waals surface area contributed by atoms with Crippen LogP contribution in [-0.2, 0) is 16.0 Å². The first-order valence-electron chi connectivity index (χ1n) is 6.07. The summed E-state index contributed by atoms with van der Waals surface area (Å²) in [6.07, 6.45) is -4.54. The van der Waals surface area contributed by atoms with Crippen LogP contribution in [0.25, 0.3) is 0 Å². The maximum absolute atomic E-state index is 12.1. The van der Waals surface area contributed by atoms with Crippen molar-refractivity contribution < 1.29 is 27.4 Å². The van der Waals surface area contributed by atoms with Crippen LogP contribution in [0.1, 0.15) is 12.5 Å². The van der Waals surface area contributed by atoms with Gasteiger partial charge in [0, 0.05) is 6.54 Å². The molecule has 1 unspecified atom stereocenters. The van der Waals surface area contributed by atoms with Crippen LogP contribution in [0.5, 0.6) is 5.75 Å². The fraction of sp³-hybridized carbons (Fsp3) is 0.462. The highest BCUT2D eigenvalue weighted by molar-refractivity contribution is 5.73. The first-order chi connectivity index (χ1) is 9.35. The summed E-state index contributed by atoms with van der Waals surface area (Å²) in [5.41, 5.74) is 6.00. The van der Waals surface area contributed by atoms with Crippen molar-refractivity contribution in [3.05, 3.63) is 29.8 Å². The predicted octanol–water partition coefficient (Wildman–Crippen LogP) is 2.27. The predicted molar refractivity (Wildman–Crippen MR) is 66.0 cm³/mol. The molecule has 7 heteroatoms. The molecule has 0 bridgehead atoms. The molecule has 4 nitrogen and oxygen atoms in total. The molecule has 1 rings (SSSR count). The first kappa shape index (κ1) is 16.3. The maximum atomic E-state index is 12.1. The third-order valence-electron chi connectivity index (χ3n) is 2.52. The fourth-order valence-corrected chi connectivity index (χ4v) is 1.68. The van der Waals surface area contributed by atoms with Gasteiger partial charge < -0.3 is 15.2 Å². The SMILES string of the molecule is CCOC(=O)C(CN)Cc1cccc(OC(F)(F)F)c1. The molecule has 0 saturated carbocycles. The quantitative estimate of drug-likeness (QED) is 0.817. The molecular formula is C13H16F3NO3. The van der Waals surface area contributed by atoms with Crippen LogP contribution < -0.4 is 10.5 Å². The minimum Gasteiger partial charge on any atom is -0.466 e. The molecule has 112 valence electrons. The highest BCUT2D eigenvalue weighted by Crippen LogP contribution is 2.24. The van der Waals surface area contributed by atoms with E-state index >= 15 is 0 Å². The van der Waals surface area contributed by atoms with Crippen LogP contribution in [0.4, 0.5) is 13.2 Å². The highest BCUT2D eigenvalue weighted by Gasteiger charge is 2.31. The minimum atomic E-state index is -4.74. The fourth-order valence-electron chi connectivity index (χ4n) is 1.68. The molecule has 0 aliphatic heterocycles. The van der Waals surface area contributed by atoms with Gasteiger partial charge in [-0.1, -0.05) is 12.1 Å². The summed E-state index contributed by atoms with van der Waals surface area (Å²) in [6, 6.07) is 5.45. The van der Waals surface area contributed by atoms with Gasteiger partial charge in [-0.05, 0) is 31.0 Å². The molecule has 0 aromatic heterocycles. The molecule has 0 fully saturated rings. The lowest BCUT2D eigenvalue weighted by molar-refractivity contribution is -0.274. The van der Waals surface area contributed by atoms with Crippen molar-refractivity contribution in [3.8, 4) is 5.75 Å². The summed E-state index contributed by atoms with van der Waals surface area (Å²) in [5, 5.41) is 0. The zero-order valence-electron chi connectivity index (χ0n) is 10.9. The number of hydrogen-bond acceptors (Lipinski definition) is 4. The van der Waals surface area contributed by atoms with Crippen LogP contribution in [0.2, 0.25) is 0 Å². The number of ether oxygens (including phenoxy) is 2. The Morgan fingerprint density at radius 3 is 2.65 bits per heavy atom. The Morgan fingerprint density at radius 2 is 2.10 bits per heavy atom. The molecule has 1 aromatic rings. The lowest BCUT2D eigenvalue weighted by Crippen LogP contribution is -2.27. The normalized spacial score (nSPS) is 12.8. The number of alkyl halides is 3. The van der Waals surface area contributed by atoms with E-state index in [9.17, 15) is 18.0 Å². The van der Waals surface area contributed by atoms with Crippen molar-refractivity contribution in [1.29, 1.82) is 0 Å². The highest BCUT2D eigenvalue weighted by atomic mass is 19.4. The molecule has 1 aromatic carbocycles. The summed E-state index contributed by atoms with van der Waals surface area (Å²) in [7, 11) is 0. The molecule has 0 aliphatic carbocycles. The number of hydrogen-bond donors (Lipinski definition) is 1. The average Bonchev–Trinajstić information content (AvgIpc) is 2.34. The van der Waals surface area contributed by atoms with Crippen molar-refractivity contribution in [3.63, 3.8) is 0 Å². The van der Waals surface area contributed by atoms with Crippen LogP contribution in [-0.4, -0.2) is 25.5 Å². The Kier molecular flexibility index (Phi) is 5.82. The van der Waals surface area contributed by atoms with Gasteiger partial charge in [-0.25, -0.2) is 0 Å². The van der Waals surface area contributed by atoms with Gasteiger partial charge in [0.15, 0.2) is 0 Å². The summed E-state index contributed by atoms with van der Waals surface area (Å²) in [6.45, 7) is 1.96. The van der Waals surface area contributed by atoms with Gasteiger partial charge in [0.1, 0.15) is 5.75 Å². The summed E-state index contributed by atoms with van der Waals surface area (Å²) >= 11 is 0. The van der Waals surface area contributed by atoms with Crippen LogP contribution in [0.3, 0.4) is 0 Å². The molecule has 0 saturated heterocycles. The number of esters is 1. The lowest BCUT2D eigenvalue weighted by Gasteiger charge is -2.14. The van der Waals surface area contributed by atoms with Crippen LogP contribution >= 0.6 is 0 Å². The lowest BCUT2D eigenvalue weighted by atomic mass is 9.99. The van der Waals surface area contributed by atoms with Crippen molar-refractivity contribution in [2.75, 3.05) is 13.2 Å². The van der Waals surface area contributed by atoms with E-state index in [0.29, 0.717) is 5.56 Å². The number of nitrogens with two attached hydrogens (primary N) is 1. The number of rotatable bonds is 6. The minimum absolute atomic E-state index is 0.0587. The second kappa shape index (κ2) is 7.14. The standard InChI is InChI=1S/C13H16F3NO3/c1-2-19-12(18)10(8-17)6-9-4-3-5-11(7-9)20-13(14,15)16/h3-5,7,10H,2,6,8,17H2,1H3. The van der Waals surface area contributed by atoms with Gasteiger partial charge in [0.05, 0.1) is 12.5 Å². The van der Waals surface area contributed by atoms with E-state index in [1.165, 1.54) is 18.2 Å². The van der Waals surface area contributed by atoms with E-state index in [0.717, 1.165) is 0 Å². The number of carbonyl (C=O) groups excluding carboxylic acids is 1. The third kappa shape index (κ3) is 5.48. The molecule has 0 spiro atoms. The molecular weight excluding hydrogens is 275 g/mol. The van der Waals surface area contributed by atoms with Crippen molar-refractivity contribution in [2.24, 2.45) is 11.7 Å². The van der Waals surface area contributed by atoms with Gasteiger partial charge in [0.25, 0.3) is 0 Å². The van der Waals surface area contributed by atoms with Gasteiger partial charge in [-0.15, -0.1) is 13.2 Å². The Labute approximate surface area is 114 Å². The smallest absolute Gasteiger partial charge is 0.466 e. The molecule has 20 heavy (non-hydrogen) atoms. The van der Waals surface area contributed by atoms with E-state index < -0.39 is 18.2 Å². The maximum Gasteiger partial charge on any atom is 0.573 e. The number of halogens is 3. The Hall–Kier alpha value is -1.76. The number of carbonyl (C=O) groups is 1. The van der Waals surface area contributed by atoms with Crippen LogP contribution in [0, 0.1) is 5.92 Å². The monoisotopic (exact) mass is 291 g/mol. The van der Waals surface area contributed by atoms with Crippen molar-refractivity contribution in [2.45, 2.75) is 19.7 Å². The topological polar surface area (TPSA) is 61.5 Å². The summed E-state index contributed by atoms with van der Waals surface area (Å²) in [5.74, 6) is -1.37. The second-order valence-electron chi connectivity index (χ2n) is 4.08. The van der Waals surface area contributed by atoms with Gasteiger partial charge >= 0.3 is 12.3 Å². The summed E-state index contributed by atoms with van der Waals surface area (Å²) in [4.78, 5) is 11.6. The Morgan fingerprint density at radius 1 is 1.40 bits per heavy atom. The largest absolute Gasteiger partial charge is 0.573 e. The zero-order valence-corrected chi connectivity index (χ0v) is 10.9. The van der Waals surface area contributed by atoms with E-state index in [4.69, 9.17) is 10.5 Å². The van der Waals surface area contributed by atoms with E-state index in [-0.39, 0.29) is 25.3 Å². The van der Waals surface area contributed by atoms with E-state index in [1.807, 2.05) is 0 Å². The van der Waals surface area contributed by atoms with Gasteiger partial charge in [-0.3, -0.25) is 4.79 Å². The van der Waals surface area contributed by atoms with Crippen LogP contribution in [0.15, 0.2) is 24.3 Å². The van der Waals surface area contributed by atoms with Crippen molar-refractivity contribution >= 4 is 5.97 Å². The van der Waals surface area contributed by atoms with Gasteiger partial charge in [0.2, 0.25) is 0 Å². The first-order valence-corrected chi connectivity index (χ1v) is 6.07. The third-order valence-corrected chi connectivity index (χ3v) is 2.52. The van der Waals surface area contributed by atoms with Crippen molar-refractivity contribution in [1.82, 2.24) is 0 Å². The molecule has 0 aliphatic rings. The second-order valence-corrected chi connectivity index (χ2v) is 4.08. The molecule has 0 radical (unpaired) electrons. The average molecular weight is 291 g/mol. The molecule has 2 N–H and O–H groups in total. The van der Waals surface area contributed by atoms with E-state index in [1.54, 1.807) is 13.0 Å². The zero-order chi connectivity index (χ0) is 15.2. The molecule has 0 heterocycles. The molecule has 1 atom stereocenters. The summed E-state index contributed by atoms with van der Waals surface area (Å²) < 4.78 is 45.0. The Balaban J connectivity index is 2.76. The van der Waals surface area contributed by atoms with E-state index in [2.05, 4.69) is 4.74 Å². The number of benzene rings is 1. The Bertz CT molecular complexity index is 449. The van der Waals surface area contributed by atoms with Gasteiger partial charge in [-0.2, -0.15) is 0 Å².